The van der Waals surface area contributed by atoms with Crippen molar-refractivity contribution in [2.24, 2.45) is 0 Å². The number of nitro groups is 1. The van der Waals surface area contributed by atoms with Crippen LogP contribution in [0.15, 0.2) is 72.1 Å². The van der Waals surface area contributed by atoms with Crippen molar-refractivity contribution in [3.8, 4) is 0 Å². The van der Waals surface area contributed by atoms with Gasteiger partial charge < -0.3 is 4.90 Å². The number of nitrogens with zero attached hydrogens (tertiary/aromatic N) is 2. The van der Waals surface area contributed by atoms with Crippen LogP contribution >= 0.6 is 19.2 Å². The van der Waals surface area contributed by atoms with Crippen molar-refractivity contribution in [3.05, 3.63) is 98.2 Å². The molecule has 9 nitrogen and oxygen atoms in total. The molecular weight excluding hydrogens is 479 g/mol. The van der Waals surface area contributed by atoms with Crippen molar-refractivity contribution in [1.29, 1.82) is 0 Å². The smallest absolute Gasteiger partial charge is 0.305 e. The molecule has 0 spiro atoms. The summed E-state index contributed by atoms with van der Waals surface area (Å²) in [6.07, 6.45) is 0. The van der Waals surface area contributed by atoms with Crippen LogP contribution < -0.4 is 4.90 Å². The lowest BCUT2D eigenvalue weighted by Crippen LogP contribution is -2.48. The van der Waals surface area contributed by atoms with Crippen LogP contribution in [0.2, 0.25) is 0 Å². The van der Waals surface area contributed by atoms with E-state index in [0.29, 0.717) is 16.1 Å². The summed E-state index contributed by atoms with van der Waals surface area (Å²) in [5.74, 6) is -1.66. The highest BCUT2D eigenvalue weighted by molar-refractivity contribution is 7.48. The number of carbonyl (C=O) groups is 1. The average Bonchev–Trinajstić information content (AvgIpc) is 3.46. The van der Waals surface area contributed by atoms with Gasteiger partial charge in [0.1, 0.15) is 5.92 Å². The summed E-state index contributed by atoms with van der Waals surface area (Å²) < 4.78 is 29.4. The number of para-hydroxylation sites is 1. The monoisotopic (exact) mass is 502 g/mol. The summed E-state index contributed by atoms with van der Waals surface area (Å²) in [6.45, 7) is -0.436. The summed E-state index contributed by atoms with van der Waals surface area (Å²) in [6, 6.07) is 19.6. The Kier molecular flexibility index (Phi) is 6.97. The molecule has 1 aliphatic rings. The van der Waals surface area contributed by atoms with Gasteiger partial charge in [-0.05, 0) is 23.1 Å². The van der Waals surface area contributed by atoms with Gasteiger partial charge >= 0.3 is 7.82 Å². The molecule has 0 radical (unpaired) electrons. The van der Waals surface area contributed by atoms with Crippen molar-refractivity contribution in [2.75, 3.05) is 25.7 Å². The van der Waals surface area contributed by atoms with Crippen molar-refractivity contribution in [2.45, 2.75) is 18.1 Å². The van der Waals surface area contributed by atoms with E-state index < -0.39 is 36.7 Å². The number of phosphoric acid groups is 1. The minimum absolute atomic E-state index is 0.196. The topological polar surface area (TPSA) is 108 Å². The molecule has 4 rings (SSSR count). The lowest BCUT2D eigenvalue weighted by atomic mass is 9.81. The minimum Gasteiger partial charge on any atom is -0.305 e. The third kappa shape index (κ3) is 4.31. The molecule has 34 heavy (non-hydrogen) atoms. The largest absolute Gasteiger partial charge is 0.475 e. The molecule has 2 atom stereocenters. The summed E-state index contributed by atoms with van der Waals surface area (Å²) in [5, 5.41) is 13.6. The number of phosphoric ester groups is 1. The Balaban J connectivity index is 1.95. The lowest BCUT2D eigenvalue weighted by Gasteiger charge is -2.35. The molecule has 1 aromatic heterocycles. The fraction of sp³-hybridized carbons (Fsp3) is 0.261. The van der Waals surface area contributed by atoms with Gasteiger partial charge in [0.15, 0.2) is 5.60 Å². The molecule has 2 heterocycles. The Morgan fingerprint density at radius 2 is 1.74 bits per heavy atom. The molecule has 0 saturated heterocycles. The van der Waals surface area contributed by atoms with Gasteiger partial charge in [-0.15, -0.1) is 11.3 Å². The van der Waals surface area contributed by atoms with Crippen LogP contribution in [0.5, 0.6) is 0 Å². The second-order valence-electron chi connectivity index (χ2n) is 7.62. The molecule has 0 aliphatic carbocycles. The van der Waals surface area contributed by atoms with Gasteiger partial charge in [-0.3, -0.25) is 28.5 Å². The molecule has 178 valence electrons. The predicted octanol–water partition coefficient (Wildman–Crippen LogP) is 4.97. The average molecular weight is 502 g/mol. The molecule has 0 bridgehead atoms. The van der Waals surface area contributed by atoms with E-state index in [9.17, 15) is 19.5 Å². The van der Waals surface area contributed by atoms with Crippen molar-refractivity contribution < 1.29 is 27.9 Å². The van der Waals surface area contributed by atoms with E-state index in [1.807, 2.05) is 30.3 Å². The Hall–Kier alpha value is -2.88. The number of thiophene rings is 1. The van der Waals surface area contributed by atoms with E-state index in [1.54, 1.807) is 41.8 Å². The predicted molar refractivity (Wildman–Crippen MR) is 127 cm³/mol. The van der Waals surface area contributed by atoms with Crippen LogP contribution in [0.25, 0.3) is 0 Å². The summed E-state index contributed by atoms with van der Waals surface area (Å²) in [4.78, 5) is 27.6. The van der Waals surface area contributed by atoms with E-state index in [0.717, 1.165) is 19.8 Å². The molecule has 0 N–H and O–H groups in total. The summed E-state index contributed by atoms with van der Waals surface area (Å²) in [7, 11) is -1.99. The highest BCUT2D eigenvalue weighted by atomic mass is 32.1. The number of benzene rings is 2. The molecular formula is C23H23N2O7PS. The zero-order valence-corrected chi connectivity index (χ0v) is 20.2. The first-order valence-corrected chi connectivity index (χ1v) is 12.7. The molecule has 0 fully saturated rings. The van der Waals surface area contributed by atoms with Crippen LogP contribution in [-0.4, -0.2) is 31.6 Å². The molecule has 2 aromatic carbocycles. The highest BCUT2D eigenvalue weighted by Gasteiger charge is 2.62. The maximum absolute atomic E-state index is 14.3. The Labute approximate surface area is 200 Å². The van der Waals surface area contributed by atoms with Crippen molar-refractivity contribution in [3.63, 3.8) is 0 Å². The number of carbonyl (C=O) groups excluding carboxylic acids is 1. The van der Waals surface area contributed by atoms with Crippen LogP contribution in [0.3, 0.4) is 0 Å². The Morgan fingerprint density at radius 3 is 2.35 bits per heavy atom. The second kappa shape index (κ2) is 9.77. The number of hydrogen-bond donors (Lipinski definition) is 0. The molecule has 1 aliphatic heterocycles. The maximum atomic E-state index is 14.3. The van der Waals surface area contributed by atoms with Gasteiger partial charge in [0, 0.05) is 29.6 Å². The van der Waals surface area contributed by atoms with Crippen LogP contribution in [0.1, 0.15) is 21.9 Å². The third-order valence-corrected chi connectivity index (χ3v) is 8.15. The SMILES string of the molecule is COP(=O)(OC)O[C@]1([C@H](C[N+](=O)[O-])c2cccs2)C(=O)N(Cc2ccccc2)c2ccccc21. The zero-order chi connectivity index (χ0) is 24.3. The van der Waals surface area contributed by atoms with Gasteiger partial charge in [-0.2, -0.15) is 0 Å². The van der Waals surface area contributed by atoms with Gasteiger partial charge in [-0.1, -0.05) is 54.6 Å². The quantitative estimate of drug-likeness (QED) is 0.219. The van der Waals surface area contributed by atoms with Crippen molar-refractivity contribution >= 4 is 30.8 Å². The van der Waals surface area contributed by atoms with Gasteiger partial charge in [-0.25, -0.2) is 4.57 Å². The first kappa shape index (κ1) is 24.3. The van der Waals surface area contributed by atoms with E-state index in [-0.39, 0.29) is 6.54 Å². The van der Waals surface area contributed by atoms with Gasteiger partial charge in [0.05, 0.1) is 12.2 Å². The fourth-order valence-corrected chi connectivity index (χ4v) is 6.07. The molecule has 1 amide bonds. The van der Waals surface area contributed by atoms with Crippen LogP contribution in [0, 0.1) is 10.1 Å². The summed E-state index contributed by atoms with van der Waals surface area (Å²) >= 11 is 1.26. The Bertz CT molecular complexity index is 1210. The minimum atomic E-state index is -4.26. The van der Waals surface area contributed by atoms with E-state index >= 15 is 0 Å². The normalized spacial score (nSPS) is 18.6. The third-order valence-electron chi connectivity index (χ3n) is 5.75. The van der Waals surface area contributed by atoms with E-state index in [2.05, 4.69) is 0 Å². The van der Waals surface area contributed by atoms with Crippen LogP contribution in [-0.2, 0) is 35.1 Å². The van der Waals surface area contributed by atoms with Crippen molar-refractivity contribution in [1.82, 2.24) is 0 Å². The standard InChI is InChI=1S/C23H23N2O7PS/c1-30-33(29,31-2)32-23(19(16-25(27)28)21-13-8-14-34-21)18-11-6-7-12-20(18)24(22(23)26)15-17-9-4-3-5-10-17/h3-14,19H,15-16H2,1-2H3/t19-,23-/m1/s1. The number of hydrogen-bond acceptors (Lipinski definition) is 8. The molecule has 0 saturated carbocycles. The maximum Gasteiger partial charge on any atom is 0.475 e. The lowest BCUT2D eigenvalue weighted by molar-refractivity contribution is -0.486. The van der Waals surface area contributed by atoms with Gasteiger partial charge in [0.25, 0.3) is 5.91 Å². The van der Waals surface area contributed by atoms with Crippen LogP contribution in [0.4, 0.5) is 5.69 Å². The highest BCUT2D eigenvalue weighted by Crippen LogP contribution is 2.61. The molecule has 0 unspecified atom stereocenters. The van der Waals surface area contributed by atoms with E-state index in [1.165, 1.54) is 16.2 Å². The summed E-state index contributed by atoms with van der Waals surface area (Å²) in [5.41, 5.74) is -0.277. The first-order valence-electron chi connectivity index (χ1n) is 10.4. The molecule has 11 heteroatoms. The fourth-order valence-electron chi connectivity index (χ4n) is 4.24. The number of amides is 1. The van der Waals surface area contributed by atoms with Gasteiger partial charge in [0.2, 0.25) is 6.54 Å². The first-order chi connectivity index (χ1) is 16.3. The second-order valence-corrected chi connectivity index (χ2v) is 10.4. The molecule has 3 aromatic rings. The number of rotatable bonds is 10. The number of fused-ring (bicyclic) bond motifs is 1. The Morgan fingerprint density at radius 1 is 1.06 bits per heavy atom. The zero-order valence-electron chi connectivity index (χ0n) is 18.5. The van der Waals surface area contributed by atoms with E-state index in [4.69, 9.17) is 13.6 Å². The number of anilines is 1.